The quantitative estimate of drug-likeness (QED) is 0.481. The second-order valence-electron chi connectivity index (χ2n) is 4.70. The van der Waals surface area contributed by atoms with E-state index in [0.717, 1.165) is 0 Å². The van der Waals surface area contributed by atoms with Crippen molar-refractivity contribution in [3.8, 4) is 11.5 Å². The van der Waals surface area contributed by atoms with Crippen molar-refractivity contribution in [2.75, 3.05) is 11.6 Å². The zero-order valence-corrected chi connectivity index (χ0v) is 11.9. The highest BCUT2D eigenvalue weighted by Gasteiger charge is 2.27. The number of hydrogen-bond acceptors (Lipinski definition) is 6. The van der Waals surface area contributed by atoms with Crippen LogP contribution in [-0.4, -0.2) is 50.9 Å². The van der Waals surface area contributed by atoms with Gasteiger partial charge >= 0.3 is 5.97 Å². The molecule has 2 atom stereocenters. The van der Waals surface area contributed by atoms with E-state index < -0.39 is 12.0 Å². The van der Waals surface area contributed by atoms with Gasteiger partial charge in [0.25, 0.3) is 0 Å². The van der Waals surface area contributed by atoms with Gasteiger partial charge in [0.2, 0.25) is 5.91 Å². The van der Waals surface area contributed by atoms with E-state index in [2.05, 4.69) is 10.6 Å². The maximum atomic E-state index is 11.9. The first kappa shape index (κ1) is 15.5. The van der Waals surface area contributed by atoms with Gasteiger partial charge in [0.05, 0.1) is 6.04 Å². The molecule has 1 aliphatic heterocycles. The van der Waals surface area contributed by atoms with Crippen LogP contribution in [0.1, 0.15) is 5.56 Å². The first-order chi connectivity index (χ1) is 9.97. The van der Waals surface area contributed by atoms with Gasteiger partial charge in [0.1, 0.15) is 6.04 Å². The monoisotopic (exact) mass is 312 g/mol. The molecule has 5 N–H and O–H groups in total. The van der Waals surface area contributed by atoms with Crippen molar-refractivity contribution in [2.24, 2.45) is 0 Å². The summed E-state index contributed by atoms with van der Waals surface area (Å²) in [6.07, 6.45) is 0.0226. The Bertz CT molecular complexity index is 545. The topological polar surface area (TPSA) is 119 Å². The molecule has 8 heteroatoms. The maximum absolute atomic E-state index is 11.9. The van der Waals surface area contributed by atoms with Gasteiger partial charge in [0, 0.05) is 18.1 Å². The Kier molecular flexibility index (Phi) is 4.92. The van der Waals surface area contributed by atoms with Gasteiger partial charge in [-0.05, 0) is 17.7 Å². The van der Waals surface area contributed by atoms with Gasteiger partial charge in [-0.1, -0.05) is 6.07 Å². The van der Waals surface area contributed by atoms with Crippen molar-refractivity contribution >= 4 is 23.6 Å². The molecule has 1 amide bonds. The zero-order chi connectivity index (χ0) is 15.4. The number of phenols is 2. The highest BCUT2D eigenvalue weighted by molar-refractivity contribution is 7.99. The molecular formula is C13H16N2O5S. The number of carboxylic acid groups (broad SMARTS) is 1. The molecule has 114 valence electrons. The Morgan fingerprint density at radius 3 is 2.71 bits per heavy atom. The molecule has 1 aromatic rings. The predicted molar refractivity (Wildman–Crippen MR) is 77.3 cm³/mol. The molecule has 7 nitrogen and oxygen atoms in total. The molecule has 0 saturated carbocycles. The molecule has 2 rings (SSSR count). The normalized spacial score (nSPS) is 19.1. The Balaban J connectivity index is 2.03. The lowest BCUT2D eigenvalue weighted by Gasteiger charge is -2.17. The molecule has 1 aromatic carbocycles. The van der Waals surface area contributed by atoms with E-state index in [0.29, 0.717) is 17.2 Å². The number of carboxylic acids is 1. The molecule has 1 fully saturated rings. The van der Waals surface area contributed by atoms with E-state index >= 15 is 0 Å². The van der Waals surface area contributed by atoms with E-state index in [-0.39, 0.29) is 29.9 Å². The van der Waals surface area contributed by atoms with Gasteiger partial charge in [0.15, 0.2) is 11.5 Å². The van der Waals surface area contributed by atoms with Crippen LogP contribution in [0.5, 0.6) is 11.5 Å². The summed E-state index contributed by atoms with van der Waals surface area (Å²) >= 11 is 1.57. The molecule has 1 saturated heterocycles. The largest absolute Gasteiger partial charge is 0.504 e. The van der Waals surface area contributed by atoms with Crippen LogP contribution in [0.15, 0.2) is 18.2 Å². The maximum Gasteiger partial charge on any atom is 0.326 e. The number of rotatable bonds is 5. The van der Waals surface area contributed by atoms with Crippen LogP contribution in [0, 0.1) is 0 Å². The van der Waals surface area contributed by atoms with Gasteiger partial charge < -0.3 is 20.6 Å². The Morgan fingerprint density at radius 1 is 1.38 bits per heavy atom. The molecule has 0 bridgehead atoms. The molecule has 0 aliphatic carbocycles. The van der Waals surface area contributed by atoms with Crippen molar-refractivity contribution < 1.29 is 24.9 Å². The molecule has 0 spiro atoms. The Morgan fingerprint density at radius 2 is 2.14 bits per heavy atom. The molecule has 1 aliphatic rings. The first-order valence-electron chi connectivity index (χ1n) is 6.32. The van der Waals surface area contributed by atoms with Crippen LogP contribution in [0.25, 0.3) is 0 Å². The van der Waals surface area contributed by atoms with E-state index in [1.54, 1.807) is 11.8 Å². The number of aromatic hydroxyl groups is 2. The van der Waals surface area contributed by atoms with E-state index in [1.807, 2.05) is 0 Å². The summed E-state index contributed by atoms with van der Waals surface area (Å²) in [5.41, 5.74) is 0.506. The summed E-state index contributed by atoms with van der Waals surface area (Å²) in [7, 11) is 0. The molecule has 21 heavy (non-hydrogen) atoms. The van der Waals surface area contributed by atoms with Crippen molar-refractivity contribution in [3.05, 3.63) is 23.8 Å². The number of phenolic OH excluding ortho intramolecular Hbond substituents is 2. The van der Waals surface area contributed by atoms with E-state index in [9.17, 15) is 24.9 Å². The number of nitrogens with one attached hydrogen (secondary N) is 2. The first-order valence-corrected chi connectivity index (χ1v) is 7.48. The summed E-state index contributed by atoms with van der Waals surface area (Å²) < 4.78 is 0. The average Bonchev–Trinajstić information content (AvgIpc) is 2.96. The Hall–Kier alpha value is -1.93. The van der Waals surface area contributed by atoms with E-state index in [4.69, 9.17) is 0 Å². The third-order valence-corrected chi connectivity index (χ3v) is 4.07. The van der Waals surface area contributed by atoms with Crippen LogP contribution >= 0.6 is 11.8 Å². The number of carbonyl (C=O) groups is 2. The lowest BCUT2D eigenvalue weighted by atomic mass is 10.0. The fraction of sp³-hybridized carbons (Fsp3) is 0.385. The van der Waals surface area contributed by atoms with Crippen molar-refractivity contribution in [1.82, 2.24) is 10.6 Å². The van der Waals surface area contributed by atoms with Crippen LogP contribution in [0.3, 0.4) is 0 Å². The standard InChI is InChI=1S/C13H16N2O5S/c16-10-2-1-7(4-11(10)17)3-8(13(19)20)15-12(18)9-5-21-6-14-9/h1-2,4,8-9,14,16-17H,3,5-6H2,(H,15,18)(H,19,20). The summed E-state index contributed by atoms with van der Waals surface area (Å²) in [6, 6.07) is 2.58. The fourth-order valence-corrected chi connectivity index (χ4v) is 2.91. The fourth-order valence-electron chi connectivity index (χ4n) is 1.97. The van der Waals surface area contributed by atoms with Gasteiger partial charge in [-0.2, -0.15) is 0 Å². The predicted octanol–water partition coefficient (Wildman–Crippen LogP) is -0.128. The summed E-state index contributed by atoms with van der Waals surface area (Å²) in [5, 5.41) is 33.3. The third kappa shape index (κ3) is 4.02. The molecule has 0 radical (unpaired) electrons. The lowest BCUT2D eigenvalue weighted by molar-refractivity contribution is -0.142. The third-order valence-electron chi connectivity index (χ3n) is 3.13. The number of hydrogen-bond donors (Lipinski definition) is 5. The molecule has 1 heterocycles. The summed E-state index contributed by atoms with van der Waals surface area (Å²) in [4.78, 5) is 23.2. The lowest BCUT2D eigenvalue weighted by Crippen LogP contribution is -2.50. The summed E-state index contributed by atoms with van der Waals surface area (Å²) in [5.74, 6) is -0.824. The van der Waals surface area contributed by atoms with Crippen LogP contribution in [0.2, 0.25) is 0 Å². The van der Waals surface area contributed by atoms with Crippen LogP contribution in [0.4, 0.5) is 0 Å². The number of benzene rings is 1. The Labute approximate surface area is 125 Å². The number of carbonyl (C=O) groups excluding carboxylic acids is 1. The van der Waals surface area contributed by atoms with Gasteiger partial charge in [-0.3, -0.25) is 10.1 Å². The van der Waals surface area contributed by atoms with E-state index in [1.165, 1.54) is 18.2 Å². The number of amides is 1. The number of thioether (sulfide) groups is 1. The highest BCUT2D eigenvalue weighted by atomic mass is 32.2. The molecule has 2 unspecified atom stereocenters. The SMILES string of the molecule is O=C(O)C(Cc1ccc(O)c(O)c1)NC(=O)C1CSCN1. The molecule has 0 aromatic heterocycles. The summed E-state index contributed by atoms with van der Waals surface area (Å²) in [6.45, 7) is 0. The minimum Gasteiger partial charge on any atom is -0.504 e. The second-order valence-corrected chi connectivity index (χ2v) is 5.73. The minimum atomic E-state index is -1.15. The minimum absolute atomic E-state index is 0.0226. The van der Waals surface area contributed by atoms with Gasteiger partial charge in [-0.25, -0.2) is 4.79 Å². The van der Waals surface area contributed by atoms with Gasteiger partial charge in [-0.15, -0.1) is 11.8 Å². The molecular weight excluding hydrogens is 296 g/mol. The van der Waals surface area contributed by atoms with Crippen molar-refractivity contribution in [1.29, 1.82) is 0 Å². The average molecular weight is 312 g/mol. The van der Waals surface area contributed by atoms with Crippen LogP contribution in [-0.2, 0) is 16.0 Å². The van der Waals surface area contributed by atoms with Crippen LogP contribution < -0.4 is 10.6 Å². The highest BCUT2D eigenvalue weighted by Crippen LogP contribution is 2.25. The number of aliphatic carboxylic acids is 1. The van der Waals surface area contributed by atoms with Crippen molar-refractivity contribution in [3.63, 3.8) is 0 Å². The smallest absolute Gasteiger partial charge is 0.326 e. The van der Waals surface area contributed by atoms with Crippen molar-refractivity contribution in [2.45, 2.75) is 18.5 Å². The second kappa shape index (κ2) is 6.68. The zero-order valence-electron chi connectivity index (χ0n) is 11.1.